The molecule has 1 saturated heterocycles. The molecule has 0 amide bonds. The minimum atomic E-state index is -0.813. The van der Waals surface area contributed by atoms with Gasteiger partial charge in [0.15, 0.2) is 0 Å². The van der Waals surface area contributed by atoms with Gasteiger partial charge in [-0.2, -0.15) is 0 Å². The maximum Gasteiger partial charge on any atom is 0.348 e. The van der Waals surface area contributed by atoms with Crippen LogP contribution in [-0.2, 0) is 19.1 Å². The lowest BCUT2D eigenvalue weighted by molar-refractivity contribution is -0.160. The zero-order valence-corrected chi connectivity index (χ0v) is 8.62. The lowest BCUT2D eigenvalue weighted by Gasteiger charge is -2.21. The molecule has 1 heterocycles. The van der Waals surface area contributed by atoms with Gasteiger partial charge in [-0.3, -0.25) is 0 Å². The second-order valence-electron chi connectivity index (χ2n) is 4.16. The molecular formula is C10H14O4. The van der Waals surface area contributed by atoms with Crippen LogP contribution in [0.25, 0.3) is 0 Å². The summed E-state index contributed by atoms with van der Waals surface area (Å²) in [6, 6.07) is 0. The van der Waals surface area contributed by atoms with E-state index in [-0.39, 0.29) is 12.2 Å². The van der Waals surface area contributed by atoms with E-state index in [0.717, 1.165) is 0 Å². The first-order valence-electron chi connectivity index (χ1n) is 4.38. The number of rotatable bonds is 2. The molecule has 1 atom stereocenters. The molecule has 1 aliphatic heterocycles. The summed E-state index contributed by atoms with van der Waals surface area (Å²) in [7, 11) is 0. The highest BCUT2D eigenvalue weighted by molar-refractivity contribution is 5.90. The number of ether oxygens (including phenoxy) is 2. The highest BCUT2D eigenvalue weighted by Gasteiger charge is 2.46. The van der Waals surface area contributed by atoms with Crippen LogP contribution in [0.15, 0.2) is 12.2 Å². The Balaban J connectivity index is 2.72. The molecule has 14 heavy (non-hydrogen) atoms. The third-order valence-corrected chi connectivity index (χ3v) is 2.08. The molecule has 0 aromatic rings. The lowest BCUT2D eigenvalue weighted by Crippen LogP contribution is -2.35. The molecule has 1 unspecified atom stereocenters. The van der Waals surface area contributed by atoms with Crippen LogP contribution < -0.4 is 0 Å². The Morgan fingerprint density at radius 1 is 1.64 bits per heavy atom. The fraction of sp³-hybridized carbons (Fsp3) is 0.600. The average molecular weight is 198 g/mol. The Bertz CT molecular complexity index is 290. The third kappa shape index (κ3) is 1.95. The highest BCUT2D eigenvalue weighted by atomic mass is 16.6. The number of hydrogen-bond acceptors (Lipinski definition) is 4. The van der Waals surface area contributed by atoms with Gasteiger partial charge in [0.2, 0.25) is 6.10 Å². The maximum atomic E-state index is 11.2. The van der Waals surface area contributed by atoms with Gasteiger partial charge in [-0.1, -0.05) is 20.4 Å². The smallest absolute Gasteiger partial charge is 0.348 e. The number of carbonyl (C=O) groups is 2. The van der Waals surface area contributed by atoms with Crippen molar-refractivity contribution >= 4 is 11.9 Å². The summed E-state index contributed by atoms with van der Waals surface area (Å²) in [5.74, 6) is -1.04. The van der Waals surface area contributed by atoms with Gasteiger partial charge in [0.25, 0.3) is 0 Å². The average Bonchev–Trinajstić information content (AvgIpc) is 2.31. The van der Waals surface area contributed by atoms with Crippen LogP contribution in [-0.4, -0.2) is 24.6 Å². The van der Waals surface area contributed by atoms with Crippen LogP contribution in [0.1, 0.15) is 20.8 Å². The Labute approximate surface area is 82.9 Å². The Hall–Kier alpha value is -1.32. The van der Waals surface area contributed by atoms with Gasteiger partial charge in [-0.25, -0.2) is 9.59 Å². The standard InChI is InChI=1S/C10H14O4/c1-6(2)8(11)14-7-9(12)13-5-10(7,3)4/h7H,1,5H2,2-4H3. The van der Waals surface area contributed by atoms with Gasteiger partial charge in [0, 0.05) is 11.0 Å². The first kappa shape index (κ1) is 10.8. The molecule has 0 aromatic carbocycles. The van der Waals surface area contributed by atoms with Crippen LogP contribution >= 0.6 is 0 Å². The first-order chi connectivity index (χ1) is 6.34. The minimum absolute atomic E-state index is 0.278. The molecule has 4 nitrogen and oxygen atoms in total. The molecule has 1 fully saturated rings. The lowest BCUT2D eigenvalue weighted by atomic mass is 9.90. The predicted molar refractivity (Wildman–Crippen MR) is 49.4 cm³/mol. The highest BCUT2D eigenvalue weighted by Crippen LogP contribution is 2.31. The van der Waals surface area contributed by atoms with Crippen molar-refractivity contribution in [3.63, 3.8) is 0 Å². The largest absolute Gasteiger partial charge is 0.462 e. The van der Waals surface area contributed by atoms with E-state index in [9.17, 15) is 9.59 Å². The van der Waals surface area contributed by atoms with Crippen molar-refractivity contribution in [1.82, 2.24) is 0 Å². The van der Waals surface area contributed by atoms with Crippen LogP contribution in [0.3, 0.4) is 0 Å². The third-order valence-electron chi connectivity index (χ3n) is 2.08. The molecule has 1 rings (SSSR count). The molecule has 0 aliphatic carbocycles. The zero-order valence-electron chi connectivity index (χ0n) is 8.62. The van der Waals surface area contributed by atoms with E-state index >= 15 is 0 Å². The summed E-state index contributed by atoms with van der Waals surface area (Å²) in [6.45, 7) is 8.89. The summed E-state index contributed by atoms with van der Waals surface area (Å²) >= 11 is 0. The van der Waals surface area contributed by atoms with Crippen molar-refractivity contribution < 1.29 is 19.1 Å². The van der Waals surface area contributed by atoms with Crippen molar-refractivity contribution in [3.8, 4) is 0 Å². The zero-order chi connectivity index (χ0) is 10.9. The first-order valence-corrected chi connectivity index (χ1v) is 4.38. The van der Waals surface area contributed by atoms with E-state index in [1.807, 2.05) is 13.8 Å². The quantitative estimate of drug-likeness (QED) is 0.491. The summed E-state index contributed by atoms with van der Waals surface area (Å²) in [6.07, 6.45) is -0.813. The topological polar surface area (TPSA) is 52.6 Å². The van der Waals surface area contributed by atoms with E-state index in [2.05, 4.69) is 6.58 Å². The molecule has 0 N–H and O–H groups in total. The Kier molecular flexibility index (Phi) is 2.64. The van der Waals surface area contributed by atoms with E-state index in [1.165, 1.54) is 6.92 Å². The van der Waals surface area contributed by atoms with Crippen molar-refractivity contribution in [3.05, 3.63) is 12.2 Å². The normalized spacial score (nSPS) is 24.2. The molecule has 0 radical (unpaired) electrons. The molecule has 0 spiro atoms. The number of esters is 2. The van der Waals surface area contributed by atoms with Crippen LogP contribution in [0.4, 0.5) is 0 Å². The molecule has 0 saturated carbocycles. The summed E-state index contributed by atoms with van der Waals surface area (Å²) in [5, 5.41) is 0. The van der Waals surface area contributed by atoms with Crippen molar-refractivity contribution in [2.75, 3.05) is 6.61 Å². The molecule has 78 valence electrons. The van der Waals surface area contributed by atoms with E-state index in [4.69, 9.17) is 9.47 Å². The van der Waals surface area contributed by atoms with Crippen LogP contribution in [0.2, 0.25) is 0 Å². The summed E-state index contributed by atoms with van der Waals surface area (Å²) in [5.41, 5.74) is -0.178. The van der Waals surface area contributed by atoms with Gasteiger partial charge in [0.1, 0.15) is 6.61 Å². The molecular weight excluding hydrogens is 184 g/mol. The number of cyclic esters (lactones) is 1. The van der Waals surface area contributed by atoms with Gasteiger partial charge in [0.05, 0.1) is 0 Å². The molecule has 1 aliphatic rings. The van der Waals surface area contributed by atoms with Crippen LogP contribution in [0.5, 0.6) is 0 Å². The fourth-order valence-electron chi connectivity index (χ4n) is 1.14. The van der Waals surface area contributed by atoms with E-state index in [1.54, 1.807) is 0 Å². The number of hydrogen-bond donors (Lipinski definition) is 0. The van der Waals surface area contributed by atoms with E-state index in [0.29, 0.717) is 0 Å². The van der Waals surface area contributed by atoms with Gasteiger partial charge in [-0.05, 0) is 6.92 Å². The second-order valence-corrected chi connectivity index (χ2v) is 4.16. The Morgan fingerprint density at radius 3 is 2.57 bits per heavy atom. The SMILES string of the molecule is C=C(C)C(=O)OC1C(=O)OCC1(C)C. The van der Waals surface area contributed by atoms with Crippen molar-refractivity contribution in [2.45, 2.75) is 26.9 Å². The number of carbonyl (C=O) groups excluding carboxylic acids is 2. The van der Waals surface area contributed by atoms with Crippen LogP contribution in [0, 0.1) is 5.41 Å². The molecule has 4 heteroatoms. The summed E-state index contributed by atoms with van der Waals surface area (Å²) in [4.78, 5) is 22.4. The predicted octanol–water partition coefficient (Wildman–Crippen LogP) is 1.06. The van der Waals surface area contributed by atoms with Crippen molar-refractivity contribution in [1.29, 1.82) is 0 Å². The van der Waals surface area contributed by atoms with Gasteiger partial charge < -0.3 is 9.47 Å². The van der Waals surface area contributed by atoms with Gasteiger partial charge >= 0.3 is 11.9 Å². The monoisotopic (exact) mass is 198 g/mol. The molecule has 0 bridgehead atoms. The Morgan fingerprint density at radius 2 is 2.21 bits per heavy atom. The van der Waals surface area contributed by atoms with Crippen molar-refractivity contribution in [2.24, 2.45) is 5.41 Å². The fourth-order valence-corrected chi connectivity index (χ4v) is 1.14. The minimum Gasteiger partial charge on any atom is -0.462 e. The maximum absolute atomic E-state index is 11.2. The summed E-state index contributed by atoms with van der Waals surface area (Å²) < 4.78 is 9.80. The molecule has 0 aromatic heterocycles. The van der Waals surface area contributed by atoms with Gasteiger partial charge in [-0.15, -0.1) is 0 Å². The van der Waals surface area contributed by atoms with E-state index < -0.39 is 23.5 Å². The second kappa shape index (κ2) is 3.44.